The van der Waals surface area contributed by atoms with E-state index in [0.29, 0.717) is 11.8 Å². The van der Waals surface area contributed by atoms with Crippen LogP contribution < -0.4 is 0 Å². The highest BCUT2D eigenvalue weighted by molar-refractivity contribution is 6.25. The van der Waals surface area contributed by atoms with Gasteiger partial charge in [0.25, 0.3) is 0 Å². The molecule has 0 bridgehead atoms. The largest absolute Gasteiger partial charge is 0.416 e. The van der Waals surface area contributed by atoms with Crippen LogP contribution >= 0.6 is 11.6 Å². The molecule has 0 unspecified atom stereocenters. The Morgan fingerprint density at radius 2 is 1.32 bits per heavy atom. The predicted octanol–water partition coefficient (Wildman–Crippen LogP) is 7.54. The molecule has 0 atom stereocenters. The lowest BCUT2D eigenvalue weighted by atomic mass is 9.68. The van der Waals surface area contributed by atoms with Crippen LogP contribution in [0.3, 0.4) is 0 Å². The Morgan fingerprint density at radius 1 is 0.800 bits per heavy atom. The summed E-state index contributed by atoms with van der Waals surface area (Å²) in [7, 11) is 0. The van der Waals surface area contributed by atoms with Crippen molar-refractivity contribution >= 4 is 11.6 Å². The summed E-state index contributed by atoms with van der Waals surface area (Å²) < 4.78 is 38.1. The van der Waals surface area contributed by atoms with E-state index >= 15 is 0 Å². The number of allylic oxidation sites excluding steroid dienone is 1. The minimum Gasteiger partial charge on any atom is -0.166 e. The Labute approximate surface area is 153 Å². The maximum atomic E-state index is 12.7. The first-order valence-corrected chi connectivity index (χ1v) is 9.85. The van der Waals surface area contributed by atoms with Crippen LogP contribution in [0, 0.1) is 17.8 Å². The predicted molar refractivity (Wildman–Crippen MR) is 96.6 cm³/mol. The van der Waals surface area contributed by atoms with Crippen molar-refractivity contribution < 1.29 is 13.2 Å². The molecule has 138 valence electrons. The molecule has 2 fully saturated rings. The van der Waals surface area contributed by atoms with Crippen LogP contribution in [0.15, 0.2) is 35.9 Å². The molecule has 0 spiro atoms. The lowest BCUT2D eigenvalue weighted by Gasteiger charge is -2.37. The number of alkyl halides is 3. The fraction of sp³-hybridized carbons (Fsp3) is 0.619. The maximum Gasteiger partial charge on any atom is 0.416 e. The molecule has 0 heterocycles. The van der Waals surface area contributed by atoms with Crippen molar-refractivity contribution in [2.24, 2.45) is 17.8 Å². The fourth-order valence-electron chi connectivity index (χ4n) is 4.78. The van der Waals surface area contributed by atoms with Gasteiger partial charge in [-0.3, -0.25) is 0 Å². The quantitative estimate of drug-likeness (QED) is 0.515. The second-order valence-corrected chi connectivity index (χ2v) is 7.98. The molecule has 0 N–H and O–H groups in total. The lowest BCUT2D eigenvalue weighted by molar-refractivity contribution is -0.137. The van der Waals surface area contributed by atoms with Crippen molar-refractivity contribution in [3.05, 3.63) is 47.0 Å². The van der Waals surface area contributed by atoms with Gasteiger partial charge in [0.1, 0.15) is 0 Å². The first-order valence-electron chi connectivity index (χ1n) is 9.41. The molecule has 0 saturated heterocycles. The summed E-state index contributed by atoms with van der Waals surface area (Å²) >= 11 is 5.69. The Bertz CT molecular complexity index is 560. The van der Waals surface area contributed by atoms with Crippen LogP contribution in [-0.2, 0) is 6.18 Å². The van der Waals surface area contributed by atoms with Gasteiger partial charge in [0.05, 0.1) is 5.56 Å². The molecule has 0 nitrogen and oxygen atoms in total. The summed E-state index contributed by atoms with van der Waals surface area (Å²) in [6.45, 7) is 0. The summed E-state index contributed by atoms with van der Waals surface area (Å²) in [5.74, 6) is 2.70. The smallest absolute Gasteiger partial charge is 0.166 e. The van der Waals surface area contributed by atoms with E-state index < -0.39 is 11.7 Å². The summed E-state index contributed by atoms with van der Waals surface area (Å²) in [4.78, 5) is 0. The van der Waals surface area contributed by atoms with Gasteiger partial charge in [0.15, 0.2) is 0 Å². The highest BCUT2D eigenvalue weighted by Gasteiger charge is 2.32. The van der Waals surface area contributed by atoms with Crippen molar-refractivity contribution in [3.8, 4) is 0 Å². The lowest BCUT2D eigenvalue weighted by Crippen LogP contribution is -2.25. The first-order chi connectivity index (χ1) is 12.0. The summed E-state index contributed by atoms with van der Waals surface area (Å²) in [6.07, 6.45) is 7.60. The second-order valence-electron chi connectivity index (χ2n) is 7.72. The van der Waals surface area contributed by atoms with Crippen molar-refractivity contribution in [1.82, 2.24) is 0 Å². The van der Waals surface area contributed by atoms with E-state index in [0.717, 1.165) is 30.2 Å². The van der Waals surface area contributed by atoms with E-state index in [2.05, 4.69) is 6.08 Å². The van der Waals surface area contributed by atoms with E-state index in [1.807, 2.05) is 0 Å². The van der Waals surface area contributed by atoms with Gasteiger partial charge in [-0.05, 0) is 92.7 Å². The SMILES string of the molecule is FC(F)(F)c1ccc(C2CCC(C3CCC(C=CCl)CC3)CC2)cc1. The van der Waals surface area contributed by atoms with Crippen LogP contribution in [-0.4, -0.2) is 0 Å². The number of hydrogen-bond acceptors (Lipinski definition) is 0. The van der Waals surface area contributed by atoms with E-state index in [4.69, 9.17) is 11.6 Å². The number of halogens is 4. The zero-order valence-corrected chi connectivity index (χ0v) is 15.2. The van der Waals surface area contributed by atoms with E-state index in [9.17, 15) is 13.2 Å². The zero-order valence-electron chi connectivity index (χ0n) is 14.4. The Kier molecular flexibility index (Phi) is 6.14. The first kappa shape index (κ1) is 18.8. The molecule has 4 heteroatoms. The van der Waals surface area contributed by atoms with Crippen LogP contribution in [0.25, 0.3) is 0 Å². The van der Waals surface area contributed by atoms with Gasteiger partial charge in [0, 0.05) is 5.54 Å². The van der Waals surface area contributed by atoms with E-state index in [1.165, 1.54) is 50.7 Å². The molecule has 3 rings (SSSR count). The molecule has 2 aliphatic rings. The summed E-state index contributed by atoms with van der Waals surface area (Å²) in [6, 6.07) is 5.81. The van der Waals surface area contributed by atoms with Crippen LogP contribution in [0.1, 0.15) is 68.4 Å². The van der Waals surface area contributed by atoms with Crippen molar-refractivity contribution in [2.75, 3.05) is 0 Å². The average molecular weight is 371 g/mol. The molecule has 0 aromatic heterocycles. The minimum absolute atomic E-state index is 0.425. The van der Waals surface area contributed by atoms with Crippen LogP contribution in [0.5, 0.6) is 0 Å². The normalized spacial score (nSPS) is 31.4. The highest BCUT2D eigenvalue weighted by Crippen LogP contribution is 2.44. The zero-order chi connectivity index (χ0) is 17.9. The third-order valence-corrected chi connectivity index (χ3v) is 6.45. The second kappa shape index (κ2) is 8.16. The van der Waals surface area contributed by atoms with Crippen molar-refractivity contribution in [3.63, 3.8) is 0 Å². The van der Waals surface area contributed by atoms with Gasteiger partial charge >= 0.3 is 6.18 Å². The van der Waals surface area contributed by atoms with Crippen molar-refractivity contribution in [1.29, 1.82) is 0 Å². The Morgan fingerprint density at radius 3 is 1.80 bits per heavy atom. The molecule has 0 amide bonds. The molecular weight excluding hydrogens is 345 g/mol. The molecule has 2 aliphatic carbocycles. The van der Waals surface area contributed by atoms with Crippen molar-refractivity contribution in [2.45, 2.75) is 63.5 Å². The molecule has 1 aromatic carbocycles. The Balaban J connectivity index is 1.50. The topological polar surface area (TPSA) is 0 Å². The van der Waals surface area contributed by atoms with Gasteiger partial charge in [0.2, 0.25) is 0 Å². The van der Waals surface area contributed by atoms with Gasteiger partial charge in [-0.1, -0.05) is 29.8 Å². The van der Waals surface area contributed by atoms with E-state index in [-0.39, 0.29) is 0 Å². The monoisotopic (exact) mass is 370 g/mol. The van der Waals surface area contributed by atoms with Gasteiger partial charge in [-0.25, -0.2) is 0 Å². The molecule has 0 radical (unpaired) electrons. The third kappa shape index (κ3) is 4.81. The highest BCUT2D eigenvalue weighted by atomic mass is 35.5. The fourth-order valence-corrected chi connectivity index (χ4v) is 4.99. The average Bonchev–Trinajstić information content (AvgIpc) is 2.62. The standard InChI is InChI=1S/C21H26ClF3/c22-14-13-15-1-3-16(4-2-15)17-5-7-18(8-6-17)19-9-11-20(12-10-19)21(23,24)25/h9-18H,1-8H2. The maximum absolute atomic E-state index is 12.7. The summed E-state index contributed by atoms with van der Waals surface area (Å²) in [5, 5.41) is 0. The van der Waals surface area contributed by atoms with Gasteiger partial charge < -0.3 is 0 Å². The molecule has 0 aliphatic heterocycles. The number of rotatable bonds is 3. The van der Waals surface area contributed by atoms with E-state index in [1.54, 1.807) is 17.7 Å². The number of hydrogen-bond donors (Lipinski definition) is 0. The van der Waals surface area contributed by atoms with Gasteiger partial charge in [-0.15, -0.1) is 0 Å². The molecule has 2 saturated carbocycles. The molecular formula is C21H26ClF3. The number of benzene rings is 1. The minimum atomic E-state index is -4.24. The third-order valence-electron chi connectivity index (χ3n) is 6.31. The Hall–Kier alpha value is -0.960. The van der Waals surface area contributed by atoms with Gasteiger partial charge in [-0.2, -0.15) is 13.2 Å². The molecule has 25 heavy (non-hydrogen) atoms. The van der Waals surface area contributed by atoms with Crippen LogP contribution in [0.4, 0.5) is 13.2 Å². The van der Waals surface area contributed by atoms with Crippen LogP contribution in [0.2, 0.25) is 0 Å². The summed E-state index contributed by atoms with van der Waals surface area (Å²) in [5.41, 5.74) is 2.18. The molecule has 1 aromatic rings.